The van der Waals surface area contributed by atoms with E-state index in [1.165, 1.54) is 10.9 Å². The van der Waals surface area contributed by atoms with Gasteiger partial charge >= 0.3 is 0 Å². The molecule has 1 rings (SSSR count). The van der Waals surface area contributed by atoms with Gasteiger partial charge in [0.25, 0.3) is 5.91 Å². The van der Waals surface area contributed by atoms with E-state index in [-0.39, 0.29) is 23.7 Å². The van der Waals surface area contributed by atoms with Gasteiger partial charge in [0.15, 0.2) is 5.69 Å². The summed E-state index contributed by atoms with van der Waals surface area (Å²) in [7, 11) is 0. The lowest BCUT2D eigenvalue weighted by molar-refractivity contribution is 0.0914. The van der Waals surface area contributed by atoms with Crippen molar-refractivity contribution >= 4 is 5.91 Å². The van der Waals surface area contributed by atoms with E-state index >= 15 is 0 Å². The summed E-state index contributed by atoms with van der Waals surface area (Å²) in [6.45, 7) is 5.21. The highest BCUT2D eigenvalue weighted by Gasteiger charge is 2.17. The van der Waals surface area contributed by atoms with Gasteiger partial charge in [-0.2, -0.15) is 0 Å². The van der Waals surface area contributed by atoms with Crippen molar-refractivity contribution in [3.63, 3.8) is 0 Å². The van der Waals surface area contributed by atoms with Gasteiger partial charge in [-0.1, -0.05) is 5.21 Å². The Bertz CT molecular complexity index is 342. The Morgan fingerprint density at radius 1 is 1.60 bits per heavy atom. The molecular weight excluding hydrogens is 198 g/mol. The first kappa shape index (κ1) is 11.6. The van der Waals surface area contributed by atoms with Gasteiger partial charge < -0.3 is 5.32 Å². The number of aromatic nitrogens is 3. The average Bonchev–Trinajstić information content (AvgIpc) is 2.50. The topological polar surface area (TPSA) is 59.8 Å². The van der Waals surface area contributed by atoms with E-state index in [0.717, 1.165) is 0 Å². The van der Waals surface area contributed by atoms with Gasteiger partial charge in [-0.3, -0.25) is 4.79 Å². The van der Waals surface area contributed by atoms with Crippen LogP contribution in [0.3, 0.4) is 0 Å². The first-order valence-electron chi connectivity index (χ1n) is 4.71. The van der Waals surface area contributed by atoms with Crippen LogP contribution >= 0.6 is 0 Å². The van der Waals surface area contributed by atoms with E-state index in [1.807, 2.05) is 20.8 Å². The molecule has 1 N–H and O–H groups in total. The van der Waals surface area contributed by atoms with Gasteiger partial charge in [-0.15, -0.1) is 5.10 Å². The Morgan fingerprint density at radius 3 is 2.80 bits per heavy atom. The van der Waals surface area contributed by atoms with Gasteiger partial charge in [0.2, 0.25) is 0 Å². The Morgan fingerprint density at radius 2 is 2.27 bits per heavy atom. The van der Waals surface area contributed by atoms with E-state index in [9.17, 15) is 9.18 Å². The fraction of sp³-hybridized carbons (Fsp3) is 0.667. The molecule has 84 valence electrons. The second-order valence-electron chi connectivity index (χ2n) is 4.26. The summed E-state index contributed by atoms with van der Waals surface area (Å²) in [4.78, 5) is 11.6. The molecule has 1 aromatic heterocycles. The highest BCUT2D eigenvalue weighted by molar-refractivity contribution is 5.92. The molecule has 0 aliphatic heterocycles. The van der Waals surface area contributed by atoms with Crippen LogP contribution in [0.4, 0.5) is 4.39 Å². The molecule has 0 saturated carbocycles. The Balaban J connectivity index is 2.66. The minimum atomic E-state index is -0.524. The smallest absolute Gasteiger partial charge is 0.273 e. The molecule has 0 saturated heterocycles. The number of amides is 1. The lowest BCUT2D eigenvalue weighted by Gasteiger charge is -2.19. The number of halogens is 1. The van der Waals surface area contributed by atoms with Crippen LogP contribution in [0.25, 0.3) is 0 Å². The number of hydrogen-bond acceptors (Lipinski definition) is 3. The SMILES string of the molecule is CC(C)(C)NC(=O)c1cn(CC[18F])nn1. The van der Waals surface area contributed by atoms with Crippen molar-refractivity contribution in [2.24, 2.45) is 0 Å². The molecule has 1 amide bonds. The van der Waals surface area contributed by atoms with Crippen LogP contribution in [0, 0.1) is 0 Å². The van der Waals surface area contributed by atoms with Crippen molar-refractivity contribution in [2.75, 3.05) is 6.67 Å². The highest BCUT2D eigenvalue weighted by atomic mass is 18.2. The molecule has 0 radical (unpaired) electrons. The van der Waals surface area contributed by atoms with E-state index in [2.05, 4.69) is 15.6 Å². The predicted octanol–water partition coefficient (Wildman–Crippen LogP) is 0.776. The maximum atomic E-state index is 12.0. The normalized spacial score (nSPS) is 11.5. The zero-order valence-electron chi connectivity index (χ0n) is 9.12. The number of carbonyl (C=O) groups excluding carboxylic acids is 1. The maximum Gasteiger partial charge on any atom is 0.273 e. The summed E-state index contributed by atoms with van der Waals surface area (Å²) >= 11 is 0. The van der Waals surface area contributed by atoms with Crippen LogP contribution < -0.4 is 5.32 Å². The minimum absolute atomic E-state index is 0.121. The van der Waals surface area contributed by atoms with Crippen molar-refractivity contribution in [2.45, 2.75) is 32.9 Å². The molecule has 0 bridgehead atoms. The van der Waals surface area contributed by atoms with Gasteiger partial charge in [-0.25, -0.2) is 9.07 Å². The number of alkyl halides is 1. The second kappa shape index (κ2) is 4.37. The minimum Gasteiger partial charge on any atom is -0.346 e. The molecule has 1 heterocycles. The molecule has 0 aliphatic carbocycles. The van der Waals surface area contributed by atoms with E-state index < -0.39 is 6.67 Å². The van der Waals surface area contributed by atoms with Gasteiger partial charge in [0.1, 0.15) is 6.67 Å². The van der Waals surface area contributed by atoms with Crippen molar-refractivity contribution < 1.29 is 9.18 Å². The van der Waals surface area contributed by atoms with Gasteiger partial charge in [-0.05, 0) is 20.8 Å². The Labute approximate surface area is 87.7 Å². The summed E-state index contributed by atoms with van der Waals surface area (Å²) in [6.07, 6.45) is 1.43. The number of hydrogen-bond donors (Lipinski definition) is 1. The monoisotopic (exact) mass is 213 g/mol. The number of nitrogens with zero attached hydrogens (tertiary/aromatic N) is 3. The van der Waals surface area contributed by atoms with Crippen molar-refractivity contribution in [1.29, 1.82) is 0 Å². The lowest BCUT2D eigenvalue weighted by Crippen LogP contribution is -2.40. The number of aryl methyl sites for hydroxylation is 1. The second-order valence-corrected chi connectivity index (χ2v) is 4.26. The van der Waals surface area contributed by atoms with Crippen LogP contribution in [-0.4, -0.2) is 33.1 Å². The fourth-order valence-corrected chi connectivity index (χ4v) is 1.00. The molecule has 0 spiro atoms. The third kappa shape index (κ3) is 3.65. The molecule has 1 aromatic rings. The van der Waals surface area contributed by atoms with E-state index in [4.69, 9.17) is 0 Å². The summed E-state index contributed by atoms with van der Waals surface area (Å²) in [5.74, 6) is -0.299. The van der Waals surface area contributed by atoms with Crippen molar-refractivity contribution in [3.05, 3.63) is 11.9 Å². The van der Waals surface area contributed by atoms with Crippen molar-refractivity contribution in [1.82, 2.24) is 20.3 Å². The molecule has 0 fully saturated rings. The molecular formula is C9H15FN4O. The van der Waals surface area contributed by atoms with Gasteiger partial charge in [0, 0.05) is 5.54 Å². The van der Waals surface area contributed by atoms with Crippen molar-refractivity contribution in [3.8, 4) is 0 Å². The molecule has 0 aliphatic rings. The lowest BCUT2D eigenvalue weighted by atomic mass is 10.1. The molecule has 5 nitrogen and oxygen atoms in total. The fourth-order valence-electron chi connectivity index (χ4n) is 1.00. The van der Waals surface area contributed by atoms with Crippen LogP contribution in [0.15, 0.2) is 6.20 Å². The summed E-state index contributed by atoms with van der Waals surface area (Å²) in [6, 6.07) is 0. The summed E-state index contributed by atoms with van der Waals surface area (Å²) in [5, 5.41) is 10.0. The largest absolute Gasteiger partial charge is 0.346 e. The molecule has 15 heavy (non-hydrogen) atoms. The van der Waals surface area contributed by atoms with E-state index in [0.29, 0.717) is 0 Å². The summed E-state index contributed by atoms with van der Waals surface area (Å²) < 4.78 is 13.3. The number of rotatable bonds is 3. The van der Waals surface area contributed by atoms with Crippen LogP contribution in [0.1, 0.15) is 31.3 Å². The number of carbonyl (C=O) groups is 1. The zero-order chi connectivity index (χ0) is 11.5. The molecule has 0 unspecified atom stereocenters. The van der Waals surface area contributed by atoms with Crippen LogP contribution in [0.5, 0.6) is 0 Å². The first-order chi connectivity index (χ1) is 6.92. The predicted molar refractivity (Wildman–Crippen MR) is 53.2 cm³/mol. The molecule has 6 heteroatoms. The first-order valence-corrected chi connectivity index (χ1v) is 4.71. The van der Waals surface area contributed by atoms with Crippen LogP contribution in [-0.2, 0) is 6.54 Å². The average molecular weight is 213 g/mol. The number of nitrogens with one attached hydrogen (secondary N) is 1. The Hall–Kier alpha value is -1.46. The zero-order valence-corrected chi connectivity index (χ0v) is 9.12. The molecule has 0 atom stereocenters. The third-order valence-corrected chi connectivity index (χ3v) is 1.57. The quantitative estimate of drug-likeness (QED) is 0.807. The van der Waals surface area contributed by atoms with Gasteiger partial charge in [0.05, 0.1) is 12.7 Å². The highest BCUT2D eigenvalue weighted by Crippen LogP contribution is 2.01. The standard InChI is InChI=1S/C9H15FN4O/c1-9(2,3)11-8(15)7-6-14(5-4-10)13-12-7/h6H,4-5H2,1-3H3,(H,11,15)/i10-1. The van der Waals surface area contributed by atoms with Crippen LogP contribution in [0.2, 0.25) is 0 Å². The summed E-state index contributed by atoms with van der Waals surface area (Å²) in [5.41, 5.74) is -0.112. The third-order valence-electron chi connectivity index (χ3n) is 1.57. The maximum absolute atomic E-state index is 12.0. The Kier molecular flexibility index (Phi) is 3.39. The molecule has 0 aromatic carbocycles. The van der Waals surface area contributed by atoms with E-state index in [1.54, 1.807) is 0 Å².